The number of hydrazine groups is 1. The Bertz CT molecular complexity index is 405. The third kappa shape index (κ3) is 3.37. The fourth-order valence-electron chi connectivity index (χ4n) is 3.13. The SMILES string of the molecule is COC1(C(Cc2ccccc2Br)NN)CCCCC1. The zero-order valence-electron chi connectivity index (χ0n) is 11.5. The number of hydrogen-bond acceptors (Lipinski definition) is 3. The first-order chi connectivity index (χ1) is 9.22. The molecule has 0 heterocycles. The van der Waals surface area contributed by atoms with Crippen LogP contribution in [0.15, 0.2) is 28.7 Å². The fourth-order valence-corrected chi connectivity index (χ4v) is 3.57. The summed E-state index contributed by atoms with van der Waals surface area (Å²) in [6, 6.07) is 8.46. The lowest BCUT2D eigenvalue weighted by molar-refractivity contribution is -0.0674. The van der Waals surface area contributed by atoms with Gasteiger partial charge in [0.2, 0.25) is 0 Å². The van der Waals surface area contributed by atoms with Gasteiger partial charge in [-0.1, -0.05) is 53.4 Å². The summed E-state index contributed by atoms with van der Waals surface area (Å²) in [5, 5.41) is 0. The molecule has 1 aliphatic rings. The summed E-state index contributed by atoms with van der Waals surface area (Å²) in [4.78, 5) is 0. The second-order valence-electron chi connectivity index (χ2n) is 5.34. The minimum Gasteiger partial charge on any atom is -0.377 e. The molecule has 1 aromatic carbocycles. The minimum atomic E-state index is -0.123. The van der Waals surface area contributed by atoms with Crippen molar-refractivity contribution in [1.82, 2.24) is 5.43 Å². The van der Waals surface area contributed by atoms with Crippen molar-refractivity contribution in [1.29, 1.82) is 0 Å². The van der Waals surface area contributed by atoms with Gasteiger partial charge in [0.1, 0.15) is 0 Å². The van der Waals surface area contributed by atoms with Gasteiger partial charge in [-0.2, -0.15) is 0 Å². The Kier molecular flexibility index (Phi) is 5.39. The predicted molar refractivity (Wildman–Crippen MR) is 81.8 cm³/mol. The quantitative estimate of drug-likeness (QED) is 0.645. The molecule has 1 saturated carbocycles. The van der Waals surface area contributed by atoms with Gasteiger partial charge < -0.3 is 4.74 Å². The van der Waals surface area contributed by atoms with Crippen LogP contribution >= 0.6 is 15.9 Å². The highest BCUT2D eigenvalue weighted by Crippen LogP contribution is 2.35. The Morgan fingerprint density at radius 2 is 2.00 bits per heavy atom. The second-order valence-corrected chi connectivity index (χ2v) is 6.20. The van der Waals surface area contributed by atoms with Crippen LogP contribution in [0.1, 0.15) is 37.7 Å². The maximum atomic E-state index is 5.89. The van der Waals surface area contributed by atoms with Crippen LogP contribution < -0.4 is 11.3 Å². The normalized spacial score (nSPS) is 20.2. The van der Waals surface area contributed by atoms with E-state index in [1.54, 1.807) is 0 Å². The first kappa shape index (κ1) is 15.0. The lowest BCUT2D eigenvalue weighted by atomic mass is 9.77. The second kappa shape index (κ2) is 6.84. The summed E-state index contributed by atoms with van der Waals surface area (Å²) in [6.07, 6.45) is 6.80. The molecule has 19 heavy (non-hydrogen) atoms. The van der Waals surface area contributed by atoms with E-state index in [0.717, 1.165) is 23.7 Å². The summed E-state index contributed by atoms with van der Waals surface area (Å²) in [5.41, 5.74) is 4.14. The average Bonchev–Trinajstić information content (AvgIpc) is 2.47. The molecule has 0 aliphatic heterocycles. The van der Waals surface area contributed by atoms with Crippen LogP contribution in [0.2, 0.25) is 0 Å². The van der Waals surface area contributed by atoms with Crippen LogP contribution in [0.25, 0.3) is 0 Å². The Balaban J connectivity index is 2.17. The molecule has 0 bridgehead atoms. The fraction of sp³-hybridized carbons (Fsp3) is 0.600. The topological polar surface area (TPSA) is 47.3 Å². The molecule has 3 nitrogen and oxygen atoms in total. The first-order valence-corrected chi connectivity index (χ1v) is 7.76. The van der Waals surface area contributed by atoms with E-state index in [1.807, 2.05) is 13.2 Å². The van der Waals surface area contributed by atoms with E-state index in [1.165, 1.54) is 24.8 Å². The molecule has 0 radical (unpaired) electrons. The van der Waals surface area contributed by atoms with E-state index in [0.29, 0.717) is 0 Å². The van der Waals surface area contributed by atoms with Crippen molar-refractivity contribution >= 4 is 15.9 Å². The molecular weight excluding hydrogens is 304 g/mol. The number of nitrogens with one attached hydrogen (secondary N) is 1. The summed E-state index contributed by atoms with van der Waals surface area (Å²) >= 11 is 3.61. The predicted octanol–water partition coefficient (Wildman–Crippen LogP) is 3.17. The van der Waals surface area contributed by atoms with Gasteiger partial charge in [-0.25, -0.2) is 0 Å². The molecular formula is C15H23BrN2O. The number of benzene rings is 1. The lowest BCUT2D eigenvalue weighted by Crippen LogP contribution is -2.56. The Morgan fingerprint density at radius 1 is 1.32 bits per heavy atom. The molecule has 0 saturated heterocycles. The number of nitrogens with two attached hydrogens (primary N) is 1. The van der Waals surface area contributed by atoms with Crippen molar-refractivity contribution in [3.8, 4) is 0 Å². The molecule has 0 aromatic heterocycles. The Hall–Kier alpha value is -0.420. The van der Waals surface area contributed by atoms with Crippen LogP contribution in [-0.4, -0.2) is 18.8 Å². The summed E-state index contributed by atoms with van der Waals surface area (Å²) in [5.74, 6) is 5.82. The number of rotatable bonds is 5. The number of halogens is 1. The molecule has 1 unspecified atom stereocenters. The van der Waals surface area contributed by atoms with E-state index in [9.17, 15) is 0 Å². The van der Waals surface area contributed by atoms with Crippen LogP contribution in [0.3, 0.4) is 0 Å². The standard InChI is InChI=1S/C15H23BrN2O/c1-19-15(9-5-2-6-10-15)14(18-17)11-12-7-3-4-8-13(12)16/h3-4,7-8,14,18H,2,5-6,9-11,17H2,1H3. The highest BCUT2D eigenvalue weighted by molar-refractivity contribution is 9.10. The zero-order valence-corrected chi connectivity index (χ0v) is 13.1. The van der Waals surface area contributed by atoms with Gasteiger partial charge in [0.05, 0.1) is 11.6 Å². The molecule has 0 spiro atoms. The van der Waals surface area contributed by atoms with E-state index in [4.69, 9.17) is 10.6 Å². The van der Waals surface area contributed by atoms with Crippen molar-refractivity contribution in [3.05, 3.63) is 34.3 Å². The minimum absolute atomic E-state index is 0.123. The van der Waals surface area contributed by atoms with Gasteiger partial charge in [0.25, 0.3) is 0 Å². The van der Waals surface area contributed by atoms with Gasteiger partial charge in [0.15, 0.2) is 0 Å². The summed E-state index contributed by atoms with van der Waals surface area (Å²) in [6.45, 7) is 0. The number of hydrogen-bond donors (Lipinski definition) is 2. The zero-order chi connectivity index (χ0) is 13.7. The average molecular weight is 327 g/mol. The van der Waals surface area contributed by atoms with Crippen LogP contribution in [-0.2, 0) is 11.2 Å². The smallest absolute Gasteiger partial charge is 0.0847 e. The monoisotopic (exact) mass is 326 g/mol. The molecule has 2 rings (SSSR count). The lowest BCUT2D eigenvalue weighted by Gasteiger charge is -2.42. The number of ether oxygens (including phenoxy) is 1. The van der Waals surface area contributed by atoms with Gasteiger partial charge in [-0.05, 0) is 30.9 Å². The highest BCUT2D eigenvalue weighted by Gasteiger charge is 2.39. The first-order valence-electron chi connectivity index (χ1n) is 6.96. The van der Waals surface area contributed by atoms with Gasteiger partial charge in [-0.3, -0.25) is 11.3 Å². The van der Waals surface area contributed by atoms with Crippen LogP contribution in [0.4, 0.5) is 0 Å². The van der Waals surface area contributed by atoms with Crippen molar-refractivity contribution in [2.24, 2.45) is 5.84 Å². The molecule has 0 amide bonds. The summed E-state index contributed by atoms with van der Waals surface area (Å²) < 4.78 is 7.02. The number of methoxy groups -OCH3 is 1. The Morgan fingerprint density at radius 3 is 2.58 bits per heavy atom. The van der Waals surface area contributed by atoms with Crippen molar-refractivity contribution in [2.45, 2.75) is 50.2 Å². The molecule has 1 fully saturated rings. The Labute approximate surface area is 124 Å². The van der Waals surface area contributed by atoms with E-state index in [2.05, 4.69) is 39.6 Å². The van der Waals surface area contributed by atoms with Crippen LogP contribution in [0.5, 0.6) is 0 Å². The van der Waals surface area contributed by atoms with Crippen molar-refractivity contribution in [2.75, 3.05) is 7.11 Å². The molecule has 1 atom stereocenters. The summed E-state index contributed by atoms with van der Waals surface area (Å²) in [7, 11) is 1.82. The van der Waals surface area contributed by atoms with E-state index < -0.39 is 0 Å². The molecule has 106 valence electrons. The largest absolute Gasteiger partial charge is 0.377 e. The van der Waals surface area contributed by atoms with Crippen molar-refractivity contribution in [3.63, 3.8) is 0 Å². The maximum absolute atomic E-state index is 5.89. The molecule has 4 heteroatoms. The van der Waals surface area contributed by atoms with E-state index >= 15 is 0 Å². The third-order valence-electron chi connectivity index (χ3n) is 4.32. The van der Waals surface area contributed by atoms with E-state index in [-0.39, 0.29) is 11.6 Å². The van der Waals surface area contributed by atoms with Gasteiger partial charge in [-0.15, -0.1) is 0 Å². The highest BCUT2D eigenvalue weighted by atomic mass is 79.9. The van der Waals surface area contributed by atoms with Gasteiger partial charge in [0, 0.05) is 11.6 Å². The van der Waals surface area contributed by atoms with Gasteiger partial charge >= 0.3 is 0 Å². The van der Waals surface area contributed by atoms with Crippen LogP contribution in [0, 0.1) is 0 Å². The maximum Gasteiger partial charge on any atom is 0.0847 e. The molecule has 1 aliphatic carbocycles. The molecule has 3 N–H and O–H groups in total. The molecule has 1 aromatic rings. The third-order valence-corrected chi connectivity index (χ3v) is 5.10. The van der Waals surface area contributed by atoms with Crippen molar-refractivity contribution < 1.29 is 4.74 Å².